The minimum absolute atomic E-state index is 0.0433. The van der Waals surface area contributed by atoms with E-state index in [0.717, 1.165) is 0 Å². The van der Waals surface area contributed by atoms with Gasteiger partial charge in [0, 0.05) is 0 Å². The van der Waals surface area contributed by atoms with E-state index in [1.807, 2.05) is 20.8 Å². The van der Waals surface area contributed by atoms with E-state index < -0.39 is 35.7 Å². The van der Waals surface area contributed by atoms with Crippen LogP contribution in [-0.4, -0.2) is 29.5 Å². The first kappa shape index (κ1) is 20.9. The molecule has 0 radical (unpaired) electrons. The molecule has 0 saturated heterocycles. The van der Waals surface area contributed by atoms with Gasteiger partial charge in [-0.1, -0.05) is 49.2 Å². The summed E-state index contributed by atoms with van der Waals surface area (Å²) in [5.74, 6) is -2.63. The molecule has 1 heterocycles. The molecule has 0 saturated carbocycles. The van der Waals surface area contributed by atoms with Gasteiger partial charge in [-0.15, -0.1) is 0 Å². The molecule has 0 fully saturated rings. The van der Waals surface area contributed by atoms with E-state index in [0.29, 0.717) is 0 Å². The van der Waals surface area contributed by atoms with Gasteiger partial charge in [0.1, 0.15) is 0 Å². The van der Waals surface area contributed by atoms with E-state index >= 15 is 0 Å². The van der Waals surface area contributed by atoms with Gasteiger partial charge in [0.05, 0.1) is 16.9 Å². The molecule has 2 rings (SSSR count). The molecule has 1 atom stereocenters. The van der Waals surface area contributed by atoms with Crippen molar-refractivity contribution in [1.29, 1.82) is 0 Å². The number of nitro groups is 1. The molecule has 1 unspecified atom stereocenters. The molecule has 12 nitrogen and oxygen atoms in total. The molecule has 150 valence electrons. The van der Waals surface area contributed by atoms with Gasteiger partial charge >= 0.3 is 24.2 Å². The maximum Gasteiger partial charge on any atom is 0.514 e. The van der Waals surface area contributed by atoms with Crippen molar-refractivity contribution in [2.75, 3.05) is 6.61 Å². The van der Waals surface area contributed by atoms with E-state index in [9.17, 15) is 19.7 Å². The second-order valence-electron chi connectivity index (χ2n) is 7.04. The molecule has 0 bridgehead atoms. The number of carbonyl (C=O) groups excluding carboxylic acids is 2. The van der Waals surface area contributed by atoms with Crippen molar-refractivity contribution < 1.29 is 28.7 Å². The first-order chi connectivity index (χ1) is 13.1. The summed E-state index contributed by atoms with van der Waals surface area (Å²) in [7, 11) is 0. The Morgan fingerprint density at radius 1 is 1.18 bits per heavy atom. The van der Waals surface area contributed by atoms with Gasteiger partial charge in [0.25, 0.3) is 0 Å². The highest BCUT2D eigenvalue weighted by atomic mass is 16.8. The molecule has 0 spiro atoms. The SMILES string of the molecule is CC(C)(C)CC(=O)OC1(COC(=O)OC(c2ccccc2)[N+](=O)[O-])N=NN=N1. The Bertz CT molecular complexity index is 776. The predicted octanol–water partition coefficient (Wildman–Crippen LogP) is 3.58. The number of hydrogen-bond donors (Lipinski definition) is 0. The average molecular weight is 393 g/mol. The van der Waals surface area contributed by atoms with Crippen molar-refractivity contribution in [3.05, 3.63) is 46.0 Å². The lowest BCUT2D eigenvalue weighted by Crippen LogP contribution is -2.37. The molecule has 0 aliphatic carbocycles. The highest BCUT2D eigenvalue weighted by molar-refractivity contribution is 5.70. The number of carbonyl (C=O) groups is 2. The monoisotopic (exact) mass is 393 g/mol. The van der Waals surface area contributed by atoms with Gasteiger partial charge in [-0.25, -0.2) is 4.79 Å². The Morgan fingerprint density at radius 3 is 2.32 bits per heavy atom. The molecule has 1 aliphatic heterocycles. The van der Waals surface area contributed by atoms with Crippen LogP contribution < -0.4 is 0 Å². The number of esters is 1. The second-order valence-corrected chi connectivity index (χ2v) is 7.04. The standard InChI is InChI=1S/C16H19N5O7/c1-15(2,3)9-12(22)28-16(17-19-20-18-16)10-26-14(23)27-13(21(24)25)11-7-5-4-6-8-11/h4-8,13H,9-10H2,1-3H3. The number of rotatable bonds is 7. The molecule has 1 aromatic rings. The zero-order chi connectivity index (χ0) is 20.8. The summed E-state index contributed by atoms with van der Waals surface area (Å²) in [6, 6.07) is 7.63. The summed E-state index contributed by atoms with van der Waals surface area (Å²) >= 11 is 0. The fourth-order valence-electron chi connectivity index (χ4n) is 2.11. The molecule has 12 heteroatoms. The third-order valence-corrected chi connectivity index (χ3v) is 3.26. The lowest BCUT2D eigenvalue weighted by atomic mass is 9.92. The fourth-order valence-corrected chi connectivity index (χ4v) is 2.11. The smallest absolute Gasteiger partial charge is 0.425 e. The Labute approximate surface area is 159 Å². The van der Waals surface area contributed by atoms with Crippen LogP contribution in [0.15, 0.2) is 51.0 Å². The van der Waals surface area contributed by atoms with Crippen LogP contribution in [-0.2, 0) is 19.0 Å². The van der Waals surface area contributed by atoms with Crippen LogP contribution in [0.2, 0.25) is 0 Å². The van der Waals surface area contributed by atoms with Gasteiger partial charge in [0.2, 0.25) is 0 Å². The zero-order valence-corrected chi connectivity index (χ0v) is 15.5. The largest absolute Gasteiger partial charge is 0.514 e. The zero-order valence-electron chi connectivity index (χ0n) is 15.5. The van der Waals surface area contributed by atoms with E-state index in [4.69, 9.17) is 14.2 Å². The molecular weight excluding hydrogens is 374 g/mol. The summed E-state index contributed by atoms with van der Waals surface area (Å²) in [4.78, 5) is 34.3. The quantitative estimate of drug-likeness (QED) is 0.297. The van der Waals surface area contributed by atoms with Crippen LogP contribution in [0.4, 0.5) is 4.79 Å². The molecule has 0 N–H and O–H groups in total. The van der Waals surface area contributed by atoms with Crippen molar-refractivity contribution >= 4 is 12.1 Å². The Balaban J connectivity index is 1.98. The van der Waals surface area contributed by atoms with Gasteiger partial charge in [-0.05, 0) is 28.0 Å². The fraction of sp³-hybridized carbons (Fsp3) is 0.500. The molecule has 0 aromatic heterocycles. The van der Waals surface area contributed by atoms with Gasteiger partial charge in [-0.3, -0.25) is 14.9 Å². The maximum absolute atomic E-state index is 12.0. The van der Waals surface area contributed by atoms with Crippen molar-refractivity contribution in [1.82, 2.24) is 0 Å². The summed E-state index contributed by atoms with van der Waals surface area (Å²) in [6.07, 6.45) is -3.09. The van der Waals surface area contributed by atoms with Crippen molar-refractivity contribution in [3.63, 3.8) is 0 Å². The topological polar surface area (TPSA) is 154 Å². The normalized spacial score (nSPS) is 15.7. The third-order valence-electron chi connectivity index (χ3n) is 3.26. The van der Waals surface area contributed by atoms with E-state index in [1.54, 1.807) is 18.2 Å². The van der Waals surface area contributed by atoms with Crippen molar-refractivity contribution in [2.24, 2.45) is 26.1 Å². The molecule has 1 aliphatic rings. The molecule has 1 aromatic carbocycles. The molecule has 28 heavy (non-hydrogen) atoms. The minimum Gasteiger partial charge on any atom is -0.425 e. The van der Waals surface area contributed by atoms with Crippen molar-refractivity contribution in [2.45, 2.75) is 39.3 Å². The van der Waals surface area contributed by atoms with Crippen LogP contribution in [0.1, 0.15) is 39.0 Å². The van der Waals surface area contributed by atoms with Crippen LogP contribution in [0.3, 0.4) is 0 Å². The van der Waals surface area contributed by atoms with Gasteiger partial charge < -0.3 is 14.2 Å². The number of benzene rings is 1. The molecule has 0 amide bonds. The van der Waals surface area contributed by atoms with Crippen LogP contribution in [0.5, 0.6) is 0 Å². The summed E-state index contributed by atoms with van der Waals surface area (Å²) < 4.78 is 14.7. The highest BCUT2D eigenvalue weighted by Crippen LogP contribution is 2.27. The van der Waals surface area contributed by atoms with Crippen LogP contribution in [0, 0.1) is 15.5 Å². The number of ether oxygens (including phenoxy) is 3. The third kappa shape index (κ3) is 6.07. The Morgan fingerprint density at radius 2 is 1.79 bits per heavy atom. The maximum atomic E-state index is 12.0. The summed E-state index contributed by atoms with van der Waals surface area (Å²) in [5.41, 5.74) is -0.212. The minimum atomic E-state index is -1.97. The first-order valence-electron chi connectivity index (χ1n) is 8.18. The molecular formula is C16H19N5O7. The lowest BCUT2D eigenvalue weighted by Gasteiger charge is -2.22. The van der Waals surface area contributed by atoms with Gasteiger partial charge in [-0.2, -0.15) is 0 Å². The predicted molar refractivity (Wildman–Crippen MR) is 91.2 cm³/mol. The summed E-state index contributed by atoms with van der Waals surface area (Å²) in [5, 5.41) is 24.8. The Kier molecular flexibility index (Phi) is 6.33. The number of hydrogen-bond acceptors (Lipinski definition) is 11. The van der Waals surface area contributed by atoms with Crippen LogP contribution >= 0.6 is 0 Å². The first-order valence-corrected chi connectivity index (χ1v) is 8.18. The highest BCUT2D eigenvalue weighted by Gasteiger charge is 2.41. The van der Waals surface area contributed by atoms with Crippen molar-refractivity contribution in [3.8, 4) is 0 Å². The van der Waals surface area contributed by atoms with Crippen LogP contribution in [0.25, 0.3) is 0 Å². The van der Waals surface area contributed by atoms with Gasteiger partial charge in [0.15, 0.2) is 6.61 Å². The lowest BCUT2D eigenvalue weighted by molar-refractivity contribution is -0.576. The van der Waals surface area contributed by atoms with E-state index in [2.05, 4.69) is 20.7 Å². The Hall–Kier alpha value is -3.44. The van der Waals surface area contributed by atoms with E-state index in [-0.39, 0.29) is 17.4 Å². The average Bonchev–Trinajstić information content (AvgIpc) is 3.05. The summed E-state index contributed by atoms with van der Waals surface area (Å²) in [6.45, 7) is 4.78. The number of nitrogens with zero attached hydrogens (tertiary/aromatic N) is 5. The second kappa shape index (κ2) is 8.50. The van der Waals surface area contributed by atoms with E-state index in [1.165, 1.54) is 12.1 Å².